The lowest BCUT2D eigenvalue weighted by Crippen LogP contribution is -2.32. The predicted molar refractivity (Wildman–Crippen MR) is 145 cm³/mol. The number of carbonyl (C=O) groups excluding carboxylic acids is 2. The van der Waals surface area contributed by atoms with Gasteiger partial charge in [-0.1, -0.05) is 29.8 Å². The number of hydrogen-bond donors (Lipinski definition) is 0. The van der Waals surface area contributed by atoms with Crippen molar-refractivity contribution in [2.24, 2.45) is 0 Å². The lowest BCUT2D eigenvalue weighted by molar-refractivity contribution is -0.123. The molecule has 192 valence electrons. The Bertz CT molecular complexity index is 1310. The van der Waals surface area contributed by atoms with Gasteiger partial charge in [0.2, 0.25) is 0 Å². The number of rotatable bonds is 10. The summed E-state index contributed by atoms with van der Waals surface area (Å²) in [6.07, 6.45) is 1.66. The monoisotopic (exact) mass is 585 g/mol. The van der Waals surface area contributed by atoms with E-state index in [2.05, 4.69) is 15.9 Å². The molecule has 4 rings (SSSR count). The van der Waals surface area contributed by atoms with E-state index < -0.39 is 5.91 Å². The van der Waals surface area contributed by atoms with Gasteiger partial charge in [-0.15, -0.1) is 0 Å². The fourth-order valence-corrected chi connectivity index (χ4v) is 4.98. The molecule has 0 saturated carbocycles. The van der Waals surface area contributed by atoms with Gasteiger partial charge in [0, 0.05) is 0 Å². The Balaban J connectivity index is 1.45. The molecule has 0 N–H and O–H groups in total. The fourth-order valence-electron chi connectivity index (χ4n) is 3.54. The molecule has 6 nitrogen and oxygen atoms in total. The molecule has 1 aliphatic rings. The van der Waals surface area contributed by atoms with E-state index in [1.54, 1.807) is 12.1 Å². The molecule has 3 aromatic rings. The van der Waals surface area contributed by atoms with E-state index in [1.165, 1.54) is 29.8 Å². The first-order chi connectivity index (χ1) is 17.8. The third kappa shape index (κ3) is 6.93. The van der Waals surface area contributed by atoms with Gasteiger partial charge >= 0.3 is 0 Å². The minimum absolute atomic E-state index is 0.0824. The SMILES string of the molecule is CCOc1cc(/C=C2\SC(=O)N(CCOc3ccc(F)cc3)C2=O)cc(Br)c1OCc1ccc(C)cc1. The molecule has 37 heavy (non-hydrogen) atoms. The van der Waals surface area contributed by atoms with Crippen LogP contribution in [-0.4, -0.2) is 35.8 Å². The molecule has 0 aromatic heterocycles. The van der Waals surface area contributed by atoms with E-state index in [-0.39, 0.29) is 24.2 Å². The molecule has 0 aliphatic carbocycles. The van der Waals surface area contributed by atoms with Crippen molar-refractivity contribution >= 4 is 44.9 Å². The van der Waals surface area contributed by atoms with Gasteiger partial charge in [0.15, 0.2) is 11.5 Å². The van der Waals surface area contributed by atoms with Crippen molar-refractivity contribution in [1.82, 2.24) is 4.90 Å². The molecule has 1 saturated heterocycles. The van der Waals surface area contributed by atoms with Crippen molar-refractivity contribution in [2.45, 2.75) is 20.5 Å². The van der Waals surface area contributed by atoms with Crippen LogP contribution in [0.2, 0.25) is 0 Å². The highest BCUT2D eigenvalue weighted by Gasteiger charge is 2.35. The summed E-state index contributed by atoms with van der Waals surface area (Å²) in [5.74, 6) is 0.787. The van der Waals surface area contributed by atoms with E-state index in [0.29, 0.717) is 45.4 Å². The zero-order chi connectivity index (χ0) is 26.4. The van der Waals surface area contributed by atoms with Gasteiger partial charge in [0.1, 0.15) is 24.8 Å². The van der Waals surface area contributed by atoms with Gasteiger partial charge < -0.3 is 14.2 Å². The number of ether oxygens (including phenoxy) is 3. The zero-order valence-electron chi connectivity index (χ0n) is 20.3. The Kier molecular flexibility index (Phi) is 8.89. The molecule has 3 aromatic carbocycles. The van der Waals surface area contributed by atoms with Crippen molar-refractivity contribution in [3.8, 4) is 17.2 Å². The van der Waals surface area contributed by atoms with Gasteiger partial charge in [-0.2, -0.15) is 0 Å². The highest BCUT2D eigenvalue weighted by molar-refractivity contribution is 9.10. The largest absolute Gasteiger partial charge is 0.492 e. The zero-order valence-corrected chi connectivity index (χ0v) is 22.7. The molecule has 2 amide bonds. The van der Waals surface area contributed by atoms with Crippen LogP contribution in [0.15, 0.2) is 70.0 Å². The highest BCUT2D eigenvalue weighted by atomic mass is 79.9. The number of thioether (sulfide) groups is 1. The van der Waals surface area contributed by atoms with E-state index in [9.17, 15) is 14.0 Å². The van der Waals surface area contributed by atoms with Gasteiger partial charge in [-0.3, -0.25) is 14.5 Å². The summed E-state index contributed by atoms with van der Waals surface area (Å²) < 4.78 is 31.1. The maximum Gasteiger partial charge on any atom is 0.293 e. The Labute approximate surface area is 227 Å². The second kappa shape index (κ2) is 12.3. The van der Waals surface area contributed by atoms with Crippen LogP contribution >= 0.6 is 27.7 Å². The van der Waals surface area contributed by atoms with Crippen molar-refractivity contribution in [1.29, 1.82) is 0 Å². The van der Waals surface area contributed by atoms with Crippen molar-refractivity contribution < 1.29 is 28.2 Å². The third-order valence-electron chi connectivity index (χ3n) is 5.40. The number of carbonyl (C=O) groups is 2. The van der Waals surface area contributed by atoms with E-state index in [0.717, 1.165) is 22.2 Å². The number of benzene rings is 3. The van der Waals surface area contributed by atoms with Gasteiger partial charge in [0.25, 0.3) is 11.1 Å². The first-order valence-corrected chi connectivity index (χ1v) is 13.2. The summed E-state index contributed by atoms with van der Waals surface area (Å²) in [7, 11) is 0. The Morgan fingerprint density at radius 3 is 2.43 bits per heavy atom. The molecule has 9 heteroatoms. The Morgan fingerprint density at radius 1 is 1.00 bits per heavy atom. The summed E-state index contributed by atoms with van der Waals surface area (Å²) in [4.78, 5) is 26.8. The number of aryl methyl sites for hydroxylation is 1. The van der Waals surface area contributed by atoms with Crippen LogP contribution < -0.4 is 14.2 Å². The van der Waals surface area contributed by atoms with Crippen molar-refractivity contribution in [3.05, 3.63) is 92.5 Å². The molecule has 1 aliphatic heterocycles. The third-order valence-corrected chi connectivity index (χ3v) is 6.90. The first-order valence-electron chi connectivity index (χ1n) is 11.6. The maximum absolute atomic E-state index is 13.0. The summed E-state index contributed by atoms with van der Waals surface area (Å²) in [6.45, 7) is 4.90. The average Bonchev–Trinajstić information content (AvgIpc) is 3.13. The number of imide groups is 1. The number of nitrogens with zero attached hydrogens (tertiary/aromatic N) is 1. The van der Waals surface area contributed by atoms with Crippen LogP contribution in [0.4, 0.5) is 9.18 Å². The molecule has 0 bridgehead atoms. The highest BCUT2D eigenvalue weighted by Crippen LogP contribution is 2.39. The molecular formula is C28H25BrFNO5S. The second-order valence-corrected chi connectivity index (χ2v) is 10.0. The lowest BCUT2D eigenvalue weighted by Gasteiger charge is -2.15. The lowest BCUT2D eigenvalue weighted by atomic mass is 10.1. The van der Waals surface area contributed by atoms with Crippen molar-refractivity contribution in [2.75, 3.05) is 19.8 Å². The number of hydrogen-bond acceptors (Lipinski definition) is 6. The molecule has 1 heterocycles. The summed E-state index contributed by atoms with van der Waals surface area (Å²) in [6, 6.07) is 17.2. The average molecular weight is 586 g/mol. The summed E-state index contributed by atoms with van der Waals surface area (Å²) in [5.41, 5.74) is 2.89. The minimum atomic E-state index is -0.397. The second-order valence-electron chi connectivity index (χ2n) is 8.17. The molecule has 0 atom stereocenters. The standard InChI is InChI=1S/C28H25BrFNO5S/c1-3-34-24-15-20(14-23(29)26(24)36-17-19-6-4-18(2)5-7-19)16-25-27(32)31(28(33)37-25)12-13-35-22-10-8-21(30)9-11-22/h4-11,14-16H,3,12-13,17H2,1-2H3/b25-16-. The van der Waals surface area contributed by atoms with Crippen LogP contribution in [0.25, 0.3) is 6.08 Å². The maximum atomic E-state index is 13.0. The van der Waals surface area contributed by atoms with Crippen LogP contribution in [0.3, 0.4) is 0 Å². The smallest absolute Gasteiger partial charge is 0.293 e. The van der Waals surface area contributed by atoms with E-state index >= 15 is 0 Å². The molecular weight excluding hydrogens is 561 g/mol. The Hall–Kier alpha value is -3.30. The van der Waals surface area contributed by atoms with Crippen LogP contribution in [0, 0.1) is 12.7 Å². The quantitative estimate of drug-likeness (QED) is 0.239. The fraction of sp³-hybridized carbons (Fsp3) is 0.214. The Morgan fingerprint density at radius 2 is 1.73 bits per heavy atom. The minimum Gasteiger partial charge on any atom is -0.492 e. The van der Waals surface area contributed by atoms with Gasteiger partial charge in [-0.25, -0.2) is 4.39 Å². The van der Waals surface area contributed by atoms with E-state index in [4.69, 9.17) is 14.2 Å². The summed E-state index contributed by atoms with van der Waals surface area (Å²) >= 11 is 4.43. The van der Waals surface area contributed by atoms with Gasteiger partial charge in [0.05, 0.1) is 22.5 Å². The summed E-state index contributed by atoms with van der Waals surface area (Å²) in [5, 5.41) is -0.374. The van der Waals surface area contributed by atoms with Gasteiger partial charge in [-0.05, 0) is 95.1 Å². The predicted octanol–water partition coefficient (Wildman–Crippen LogP) is 6.99. The topological polar surface area (TPSA) is 65.1 Å². The molecule has 0 unspecified atom stereocenters. The van der Waals surface area contributed by atoms with E-state index in [1.807, 2.05) is 44.2 Å². The normalized spacial score (nSPS) is 14.4. The number of amides is 2. The first kappa shape index (κ1) is 26.8. The van der Waals surface area contributed by atoms with Crippen LogP contribution in [0.1, 0.15) is 23.6 Å². The molecule has 0 radical (unpaired) electrons. The molecule has 0 spiro atoms. The number of halogens is 2. The van der Waals surface area contributed by atoms with Crippen LogP contribution in [-0.2, 0) is 11.4 Å². The molecule has 1 fully saturated rings. The van der Waals surface area contributed by atoms with Crippen LogP contribution in [0.5, 0.6) is 17.2 Å². The van der Waals surface area contributed by atoms with Crippen molar-refractivity contribution in [3.63, 3.8) is 0 Å².